The summed E-state index contributed by atoms with van der Waals surface area (Å²) < 4.78 is 2.64. The van der Waals surface area contributed by atoms with E-state index in [1.54, 1.807) is 0 Å². The molecule has 1 heterocycles. The van der Waals surface area contributed by atoms with Crippen molar-refractivity contribution in [3.63, 3.8) is 0 Å². The zero-order valence-corrected chi connectivity index (χ0v) is 17.3. The van der Waals surface area contributed by atoms with Crippen LogP contribution in [-0.2, 0) is 0 Å². The Bertz CT molecular complexity index is 1370. The fraction of sp³-hybridized carbons (Fsp3) is 0.0741. The SMILES string of the molecule is Cc1ccc(-[s+]2c3ccccc3c3cc(C(=O)c4cccc(C)c4)ccc32)cc1. The summed E-state index contributed by atoms with van der Waals surface area (Å²) in [4.78, 5) is 14.4. The first kappa shape index (κ1) is 17.8. The van der Waals surface area contributed by atoms with Crippen molar-refractivity contribution >= 4 is 36.4 Å². The molecule has 0 saturated heterocycles. The fourth-order valence-electron chi connectivity index (χ4n) is 3.93. The average Bonchev–Trinajstić information content (AvgIpc) is 3.08. The molecule has 0 aliphatic rings. The lowest BCUT2D eigenvalue weighted by atomic mass is 10.00. The van der Waals surface area contributed by atoms with Crippen LogP contribution in [-0.4, -0.2) is 5.78 Å². The maximum absolute atomic E-state index is 13.1. The third-order valence-electron chi connectivity index (χ3n) is 5.40. The highest BCUT2D eigenvalue weighted by Crippen LogP contribution is 2.48. The molecule has 140 valence electrons. The topological polar surface area (TPSA) is 17.1 Å². The van der Waals surface area contributed by atoms with Crippen LogP contribution in [0.15, 0.2) is 91.0 Å². The van der Waals surface area contributed by atoms with Crippen molar-refractivity contribution < 1.29 is 4.79 Å². The Kier molecular flexibility index (Phi) is 4.30. The van der Waals surface area contributed by atoms with E-state index in [-0.39, 0.29) is 16.3 Å². The minimum absolute atomic E-state index is 0.0797. The molecule has 0 aliphatic heterocycles. The molecule has 2 heteroatoms. The van der Waals surface area contributed by atoms with Crippen LogP contribution in [0.25, 0.3) is 25.1 Å². The average molecular weight is 394 g/mol. The van der Waals surface area contributed by atoms with Crippen LogP contribution < -0.4 is 0 Å². The van der Waals surface area contributed by atoms with Gasteiger partial charge < -0.3 is 0 Å². The molecular formula is C27H21OS+. The lowest BCUT2D eigenvalue weighted by Gasteiger charge is -2.02. The van der Waals surface area contributed by atoms with Crippen molar-refractivity contribution in [1.29, 1.82) is 0 Å². The summed E-state index contributed by atoms with van der Waals surface area (Å²) in [7, 11) is -0.130. The third kappa shape index (κ3) is 3.06. The maximum Gasteiger partial charge on any atom is 0.193 e. The number of fused-ring (bicyclic) bond motifs is 3. The number of carbonyl (C=O) groups is 1. The number of thiophene rings is 1. The molecule has 0 saturated carbocycles. The van der Waals surface area contributed by atoms with Crippen molar-refractivity contribution in [2.75, 3.05) is 0 Å². The molecule has 0 bridgehead atoms. The highest BCUT2D eigenvalue weighted by molar-refractivity contribution is 7.50. The van der Waals surface area contributed by atoms with Crippen molar-refractivity contribution in [2.45, 2.75) is 13.8 Å². The maximum atomic E-state index is 13.1. The summed E-state index contributed by atoms with van der Waals surface area (Å²) in [6, 6.07) is 31.5. The second-order valence-electron chi connectivity index (χ2n) is 7.52. The first-order chi connectivity index (χ1) is 14.1. The van der Waals surface area contributed by atoms with Crippen LogP contribution in [0.3, 0.4) is 0 Å². The van der Waals surface area contributed by atoms with Gasteiger partial charge in [0.25, 0.3) is 0 Å². The predicted octanol–water partition coefficient (Wildman–Crippen LogP) is 7.58. The molecule has 0 amide bonds. The van der Waals surface area contributed by atoms with Crippen LogP contribution in [0.2, 0.25) is 0 Å². The number of carbonyl (C=O) groups excluding carboxylic acids is 1. The lowest BCUT2D eigenvalue weighted by molar-refractivity contribution is 0.103. The van der Waals surface area contributed by atoms with Gasteiger partial charge in [-0.3, -0.25) is 4.79 Å². The number of hydrogen-bond donors (Lipinski definition) is 0. The molecule has 5 aromatic rings. The molecule has 1 nitrogen and oxygen atoms in total. The molecular weight excluding hydrogens is 372 g/mol. The van der Waals surface area contributed by atoms with E-state index in [9.17, 15) is 4.79 Å². The standard InChI is InChI=1S/C27H21OS/c1-18-10-13-22(14-11-18)29-25-9-4-3-8-23(25)24-17-21(12-15-26(24)29)27(28)20-7-5-6-19(2)16-20/h3-17H,1-2H3/q+1. The second-order valence-corrected chi connectivity index (χ2v) is 9.49. The number of hydrogen-bond acceptors (Lipinski definition) is 1. The van der Waals surface area contributed by atoms with Crippen LogP contribution in [0.4, 0.5) is 0 Å². The zero-order valence-electron chi connectivity index (χ0n) is 16.5. The smallest absolute Gasteiger partial charge is 0.193 e. The molecule has 5 rings (SSSR count). The van der Waals surface area contributed by atoms with E-state index >= 15 is 0 Å². The quantitative estimate of drug-likeness (QED) is 0.228. The van der Waals surface area contributed by atoms with Gasteiger partial charge >= 0.3 is 0 Å². The number of benzene rings is 4. The molecule has 1 atom stereocenters. The Labute approximate surface area is 173 Å². The highest BCUT2D eigenvalue weighted by atomic mass is 32.2. The van der Waals surface area contributed by atoms with Crippen LogP contribution in [0.1, 0.15) is 27.0 Å². The van der Waals surface area contributed by atoms with Crippen molar-refractivity contribution in [1.82, 2.24) is 0 Å². The molecule has 1 unspecified atom stereocenters. The van der Waals surface area contributed by atoms with Gasteiger partial charge in [-0.25, -0.2) is 0 Å². The van der Waals surface area contributed by atoms with Gasteiger partial charge in [0.15, 0.2) is 20.1 Å². The largest absolute Gasteiger partial charge is 0.289 e. The van der Waals surface area contributed by atoms with E-state index in [4.69, 9.17) is 0 Å². The number of aryl methyl sites for hydroxylation is 2. The van der Waals surface area contributed by atoms with E-state index < -0.39 is 0 Å². The molecule has 0 N–H and O–H groups in total. The predicted molar refractivity (Wildman–Crippen MR) is 125 cm³/mol. The van der Waals surface area contributed by atoms with E-state index in [2.05, 4.69) is 67.6 Å². The lowest BCUT2D eigenvalue weighted by Crippen LogP contribution is -2.01. The third-order valence-corrected chi connectivity index (χ3v) is 7.73. The number of rotatable bonds is 3. The molecule has 4 aromatic carbocycles. The van der Waals surface area contributed by atoms with Crippen LogP contribution in [0, 0.1) is 13.8 Å². The van der Waals surface area contributed by atoms with Crippen LogP contribution >= 0.6 is 10.5 Å². The minimum atomic E-state index is -0.130. The minimum Gasteiger partial charge on any atom is -0.289 e. The van der Waals surface area contributed by atoms with Gasteiger partial charge in [0.05, 0.1) is 0 Å². The van der Waals surface area contributed by atoms with Gasteiger partial charge in [-0.2, -0.15) is 0 Å². The van der Waals surface area contributed by atoms with Gasteiger partial charge in [-0.05, 0) is 62.4 Å². The Morgan fingerprint density at radius 1 is 0.621 bits per heavy atom. The molecule has 1 aromatic heterocycles. The molecule has 0 fully saturated rings. The Hall–Kier alpha value is -3.23. The van der Waals surface area contributed by atoms with Gasteiger partial charge in [-0.1, -0.05) is 53.6 Å². The molecule has 0 aliphatic carbocycles. The summed E-state index contributed by atoms with van der Waals surface area (Å²) >= 11 is 0. The Morgan fingerprint density at radius 2 is 1.34 bits per heavy atom. The molecule has 0 spiro atoms. The molecule has 0 radical (unpaired) electrons. The van der Waals surface area contributed by atoms with E-state index in [1.165, 1.54) is 30.6 Å². The van der Waals surface area contributed by atoms with E-state index in [0.717, 1.165) is 16.7 Å². The second kappa shape index (κ2) is 6.98. The van der Waals surface area contributed by atoms with Crippen molar-refractivity contribution in [3.05, 3.63) is 113 Å². The Balaban J connectivity index is 1.74. The monoisotopic (exact) mass is 393 g/mol. The highest BCUT2D eigenvalue weighted by Gasteiger charge is 2.24. The summed E-state index contributed by atoms with van der Waals surface area (Å²) in [5.41, 5.74) is 3.86. The van der Waals surface area contributed by atoms with Gasteiger partial charge in [0, 0.05) is 32.4 Å². The zero-order chi connectivity index (χ0) is 20.0. The van der Waals surface area contributed by atoms with E-state index in [0.29, 0.717) is 0 Å². The van der Waals surface area contributed by atoms with Gasteiger partial charge in [0.2, 0.25) is 0 Å². The molecule has 29 heavy (non-hydrogen) atoms. The summed E-state index contributed by atoms with van der Waals surface area (Å²) in [5.74, 6) is 0.0797. The van der Waals surface area contributed by atoms with Gasteiger partial charge in [0.1, 0.15) is 0 Å². The van der Waals surface area contributed by atoms with Crippen molar-refractivity contribution in [3.8, 4) is 4.90 Å². The van der Waals surface area contributed by atoms with Crippen LogP contribution in [0.5, 0.6) is 0 Å². The summed E-state index contributed by atoms with van der Waals surface area (Å²) in [6.45, 7) is 4.13. The Morgan fingerprint density at radius 3 is 2.14 bits per heavy atom. The van der Waals surface area contributed by atoms with E-state index in [1.807, 2.05) is 37.3 Å². The first-order valence-corrected chi connectivity index (χ1v) is 11.0. The van der Waals surface area contributed by atoms with Gasteiger partial charge in [-0.15, -0.1) is 0 Å². The van der Waals surface area contributed by atoms with Crippen molar-refractivity contribution in [2.24, 2.45) is 0 Å². The summed E-state index contributed by atoms with van der Waals surface area (Å²) in [5, 5.41) is 2.42. The normalized spacial score (nSPS) is 11.9. The fourth-order valence-corrected chi connectivity index (χ4v) is 6.29. The summed E-state index contributed by atoms with van der Waals surface area (Å²) in [6.07, 6.45) is 0. The number of ketones is 1. The first-order valence-electron chi connectivity index (χ1n) is 9.77.